The number of hydrogen-bond acceptors (Lipinski definition) is 4. The summed E-state index contributed by atoms with van der Waals surface area (Å²) in [6.45, 7) is 0.509. The molecular weight excluding hydrogens is 308 g/mol. The molecule has 23 heavy (non-hydrogen) atoms. The SMILES string of the molecule is O=C(NCC(CO)Cc1ccccn1)c1csc2c1CCCC2. The van der Waals surface area contributed by atoms with E-state index in [4.69, 9.17) is 0 Å². The zero-order valence-electron chi connectivity index (χ0n) is 13.1. The number of amides is 1. The molecule has 4 nitrogen and oxygen atoms in total. The lowest BCUT2D eigenvalue weighted by molar-refractivity contribution is 0.0939. The van der Waals surface area contributed by atoms with Gasteiger partial charge < -0.3 is 10.4 Å². The van der Waals surface area contributed by atoms with Crippen LogP contribution >= 0.6 is 11.3 Å². The van der Waals surface area contributed by atoms with Gasteiger partial charge in [0.1, 0.15) is 0 Å². The van der Waals surface area contributed by atoms with Gasteiger partial charge in [-0.15, -0.1) is 11.3 Å². The number of carbonyl (C=O) groups excluding carboxylic acids is 1. The predicted octanol–water partition coefficient (Wildman–Crippen LogP) is 2.60. The second-order valence-corrected chi connectivity index (χ2v) is 7.01. The van der Waals surface area contributed by atoms with Crippen LogP contribution in [0.4, 0.5) is 0 Å². The largest absolute Gasteiger partial charge is 0.396 e. The molecule has 0 spiro atoms. The molecular formula is C18H22N2O2S. The van der Waals surface area contributed by atoms with E-state index in [1.54, 1.807) is 17.5 Å². The maximum Gasteiger partial charge on any atom is 0.252 e. The minimum Gasteiger partial charge on any atom is -0.396 e. The van der Waals surface area contributed by atoms with Crippen LogP contribution in [0, 0.1) is 5.92 Å². The van der Waals surface area contributed by atoms with Crippen molar-refractivity contribution in [3.05, 3.63) is 51.5 Å². The Morgan fingerprint density at radius 2 is 2.22 bits per heavy atom. The number of thiophene rings is 1. The number of hydrogen-bond donors (Lipinski definition) is 2. The van der Waals surface area contributed by atoms with Gasteiger partial charge in [0.05, 0.1) is 5.56 Å². The summed E-state index contributed by atoms with van der Waals surface area (Å²) in [7, 11) is 0. The smallest absolute Gasteiger partial charge is 0.252 e. The van der Waals surface area contributed by atoms with Gasteiger partial charge >= 0.3 is 0 Å². The molecule has 122 valence electrons. The van der Waals surface area contributed by atoms with Crippen LogP contribution in [0.3, 0.4) is 0 Å². The third-order valence-electron chi connectivity index (χ3n) is 4.34. The number of fused-ring (bicyclic) bond motifs is 1. The second-order valence-electron chi connectivity index (χ2n) is 6.04. The molecule has 1 atom stereocenters. The summed E-state index contributed by atoms with van der Waals surface area (Å²) in [5.74, 6) is -0.0211. The van der Waals surface area contributed by atoms with Gasteiger partial charge in [-0.25, -0.2) is 0 Å². The number of pyridine rings is 1. The van der Waals surface area contributed by atoms with E-state index in [1.165, 1.54) is 23.3 Å². The van der Waals surface area contributed by atoms with Crippen molar-refractivity contribution in [2.45, 2.75) is 32.1 Å². The fourth-order valence-corrected chi connectivity index (χ4v) is 4.16. The molecule has 2 aromatic rings. The fourth-order valence-electron chi connectivity index (χ4n) is 3.03. The van der Waals surface area contributed by atoms with Crippen LogP contribution in [-0.4, -0.2) is 29.1 Å². The minimum absolute atomic E-state index is 0.0103. The summed E-state index contributed by atoms with van der Waals surface area (Å²) < 4.78 is 0. The van der Waals surface area contributed by atoms with Gasteiger partial charge in [-0.3, -0.25) is 9.78 Å². The number of nitrogens with one attached hydrogen (secondary N) is 1. The molecule has 2 N–H and O–H groups in total. The van der Waals surface area contributed by atoms with Gasteiger partial charge in [0.15, 0.2) is 0 Å². The van der Waals surface area contributed by atoms with E-state index in [0.717, 1.165) is 24.1 Å². The Labute approximate surface area is 140 Å². The standard InChI is InChI=1S/C18H22N2O2S/c21-11-13(9-14-5-3-4-8-19-14)10-20-18(22)16-12-23-17-7-2-1-6-15(16)17/h3-5,8,12-13,21H,1-2,6-7,9-11H2,(H,20,22). The highest BCUT2D eigenvalue weighted by molar-refractivity contribution is 7.10. The van der Waals surface area contributed by atoms with E-state index in [2.05, 4.69) is 10.3 Å². The average molecular weight is 330 g/mol. The van der Waals surface area contributed by atoms with Crippen LogP contribution in [0.2, 0.25) is 0 Å². The minimum atomic E-state index is -0.0108. The highest BCUT2D eigenvalue weighted by Gasteiger charge is 2.20. The number of nitrogens with zero attached hydrogens (tertiary/aromatic N) is 1. The average Bonchev–Trinajstić information content (AvgIpc) is 3.03. The summed E-state index contributed by atoms with van der Waals surface area (Å²) in [6, 6.07) is 5.76. The van der Waals surface area contributed by atoms with Crippen LogP contribution in [0.1, 0.15) is 39.3 Å². The van der Waals surface area contributed by atoms with Crippen molar-refractivity contribution in [2.24, 2.45) is 5.92 Å². The highest BCUT2D eigenvalue weighted by Crippen LogP contribution is 2.30. The van der Waals surface area contributed by atoms with Crippen LogP contribution in [0.25, 0.3) is 0 Å². The van der Waals surface area contributed by atoms with E-state index in [9.17, 15) is 9.90 Å². The lowest BCUT2D eigenvalue weighted by Gasteiger charge is -2.16. The molecule has 5 heteroatoms. The summed E-state index contributed by atoms with van der Waals surface area (Å²) in [5, 5.41) is 14.5. The third-order valence-corrected chi connectivity index (χ3v) is 5.43. The number of aliphatic hydroxyl groups excluding tert-OH is 1. The number of carbonyl (C=O) groups is 1. The van der Waals surface area contributed by atoms with E-state index in [0.29, 0.717) is 13.0 Å². The molecule has 1 aliphatic carbocycles. The molecule has 2 aromatic heterocycles. The summed E-state index contributed by atoms with van der Waals surface area (Å²) >= 11 is 1.70. The zero-order chi connectivity index (χ0) is 16.1. The van der Waals surface area contributed by atoms with E-state index in [1.807, 2.05) is 23.6 Å². The van der Waals surface area contributed by atoms with Crippen LogP contribution < -0.4 is 5.32 Å². The molecule has 0 fully saturated rings. The second kappa shape index (κ2) is 7.70. The van der Waals surface area contributed by atoms with Gasteiger partial charge in [0, 0.05) is 41.2 Å². The number of aromatic nitrogens is 1. The summed E-state index contributed by atoms with van der Waals surface area (Å²) in [5.41, 5.74) is 3.01. The molecule has 0 bridgehead atoms. The van der Waals surface area contributed by atoms with Crippen molar-refractivity contribution >= 4 is 17.2 Å². The maximum atomic E-state index is 12.4. The molecule has 1 amide bonds. The maximum absolute atomic E-state index is 12.4. The molecule has 0 saturated carbocycles. The molecule has 0 aliphatic heterocycles. The van der Waals surface area contributed by atoms with E-state index >= 15 is 0 Å². The van der Waals surface area contributed by atoms with Crippen LogP contribution in [0.5, 0.6) is 0 Å². The van der Waals surface area contributed by atoms with E-state index < -0.39 is 0 Å². The Bertz CT molecular complexity index is 654. The molecule has 0 radical (unpaired) electrons. The summed E-state index contributed by atoms with van der Waals surface area (Å²) in [4.78, 5) is 18.1. The van der Waals surface area contributed by atoms with Crippen molar-refractivity contribution in [1.82, 2.24) is 10.3 Å². The lowest BCUT2D eigenvalue weighted by Crippen LogP contribution is -2.32. The van der Waals surface area contributed by atoms with Gasteiger partial charge in [-0.2, -0.15) is 0 Å². The van der Waals surface area contributed by atoms with Crippen LogP contribution in [-0.2, 0) is 19.3 Å². The van der Waals surface area contributed by atoms with Crippen molar-refractivity contribution in [1.29, 1.82) is 0 Å². The van der Waals surface area contributed by atoms with Gasteiger partial charge in [-0.1, -0.05) is 6.07 Å². The Hall–Kier alpha value is -1.72. The first-order chi connectivity index (χ1) is 11.3. The van der Waals surface area contributed by atoms with E-state index in [-0.39, 0.29) is 18.4 Å². The van der Waals surface area contributed by atoms with Gasteiger partial charge in [0.2, 0.25) is 0 Å². The van der Waals surface area contributed by atoms with Gasteiger partial charge in [-0.05, 0) is 49.8 Å². The predicted molar refractivity (Wildman–Crippen MR) is 91.8 cm³/mol. The Morgan fingerprint density at radius 1 is 1.35 bits per heavy atom. The zero-order valence-corrected chi connectivity index (χ0v) is 13.9. The topological polar surface area (TPSA) is 62.2 Å². The molecule has 3 rings (SSSR count). The first kappa shape index (κ1) is 16.1. The summed E-state index contributed by atoms with van der Waals surface area (Å²) in [6.07, 6.45) is 6.93. The third kappa shape index (κ3) is 3.98. The molecule has 0 saturated heterocycles. The fraction of sp³-hybridized carbons (Fsp3) is 0.444. The Kier molecular flexibility index (Phi) is 5.41. The molecule has 2 heterocycles. The Balaban J connectivity index is 1.58. The molecule has 1 unspecified atom stereocenters. The lowest BCUT2D eigenvalue weighted by atomic mass is 9.95. The molecule has 0 aromatic carbocycles. The van der Waals surface area contributed by atoms with Crippen molar-refractivity contribution < 1.29 is 9.90 Å². The quantitative estimate of drug-likeness (QED) is 0.856. The highest BCUT2D eigenvalue weighted by atomic mass is 32.1. The monoisotopic (exact) mass is 330 g/mol. The Morgan fingerprint density at radius 3 is 3.00 bits per heavy atom. The number of rotatable bonds is 6. The van der Waals surface area contributed by atoms with Crippen LogP contribution in [0.15, 0.2) is 29.8 Å². The normalized spacial score (nSPS) is 15.0. The van der Waals surface area contributed by atoms with Crippen molar-refractivity contribution in [2.75, 3.05) is 13.2 Å². The number of aliphatic hydroxyl groups is 1. The number of aryl methyl sites for hydroxylation is 1. The first-order valence-electron chi connectivity index (χ1n) is 8.16. The van der Waals surface area contributed by atoms with Crippen molar-refractivity contribution in [3.63, 3.8) is 0 Å². The molecule has 1 aliphatic rings. The first-order valence-corrected chi connectivity index (χ1v) is 9.04. The van der Waals surface area contributed by atoms with Crippen molar-refractivity contribution in [3.8, 4) is 0 Å². The van der Waals surface area contributed by atoms with Gasteiger partial charge in [0.25, 0.3) is 5.91 Å².